The van der Waals surface area contributed by atoms with Gasteiger partial charge in [-0.2, -0.15) is 10.2 Å². The van der Waals surface area contributed by atoms with Crippen LogP contribution in [0.25, 0.3) is 0 Å². The van der Waals surface area contributed by atoms with E-state index in [0.717, 1.165) is 11.8 Å². The Labute approximate surface area is 160 Å². The van der Waals surface area contributed by atoms with Crippen LogP contribution in [0.15, 0.2) is 59.6 Å². The number of halogens is 1. The van der Waals surface area contributed by atoms with Gasteiger partial charge in [0, 0.05) is 11.4 Å². The van der Waals surface area contributed by atoms with Crippen molar-refractivity contribution in [2.45, 2.75) is 11.3 Å². The zero-order valence-electron chi connectivity index (χ0n) is 14.4. The van der Waals surface area contributed by atoms with E-state index in [1.165, 1.54) is 18.2 Å². The van der Waals surface area contributed by atoms with Gasteiger partial charge in [-0.15, -0.1) is 0 Å². The van der Waals surface area contributed by atoms with Crippen LogP contribution in [0.1, 0.15) is 5.56 Å². The van der Waals surface area contributed by atoms with Crippen LogP contribution in [-0.4, -0.2) is 18.4 Å². The minimum absolute atomic E-state index is 0.0619. The van der Waals surface area contributed by atoms with Gasteiger partial charge in [-0.05, 0) is 35.9 Å². The summed E-state index contributed by atoms with van der Waals surface area (Å²) in [7, 11) is -3.85. The van der Waals surface area contributed by atoms with Gasteiger partial charge in [-0.1, -0.05) is 18.2 Å². The number of nitrogens with two attached hydrogens (primary N) is 1. The number of aromatic nitrogens is 2. The molecule has 1 aromatic heterocycles. The molecule has 3 aromatic rings. The van der Waals surface area contributed by atoms with Crippen LogP contribution in [-0.2, 0) is 16.4 Å². The Morgan fingerprint density at radius 3 is 2.54 bits per heavy atom. The number of nitrogens with one attached hydrogen (secondary N) is 2. The fourth-order valence-corrected chi connectivity index (χ4v) is 2.89. The fourth-order valence-electron chi connectivity index (χ4n) is 2.33. The molecule has 0 fully saturated rings. The van der Waals surface area contributed by atoms with Crippen LogP contribution < -0.4 is 15.8 Å². The molecule has 2 aromatic carbocycles. The molecule has 0 radical (unpaired) electrons. The molecule has 0 aliphatic rings. The molecular weight excluding hydrogens is 383 g/mol. The van der Waals surface area contributed by atoms with Crippen molar-refractivity contribution >= 4 is 33.2 Å². The molecule has 0 saturated heterocycles. The molecule has 8 nitrogen and oxygen atoms in total. The molecule has 142 valence electrons. The molecule has 0 aliphatic heterocycles. The summed E-state index contributed by atoms with van der Waals surface area (Å²) in [5.41, 5.74) is 1.81. The Morgan fingerprint density at radius 2 is 1.86 bits per heavy atom. The van der Waals surface area contributed by atoms with E-state index in [-0.39, 0.29) is 23.1 Å². The highest BCUT2D eigenvalue weighted by molar-refractivity contribution is 7.89. The normalized spacial score (nSPS) is 10.9. The second kappa shape index (κ2) is 7.99. The minimum atomic E-state index is -3.85. The quantitative estimate of drug-likeness (QED) is 0.581. The monoisotopic (exact) mass is 398 g/mol. The Bertz CT molecular complexity index is 1140. The van der Waals surface area contributed by atoms with Crippen LogP contribution in [0.5, 0.6) is 0 Å². The number of anilines is 4. The molecule has 1 heterocycles. The summed E-state index contributed by atoms with van der Waals surface area (Å²) in [5.74, 6) is -0.658. The standard InChI is InChI=1S/C18H15FN6O2S/c19-16-11-22-18(24-14-2-1-3-15(10-14)28(21,26)27)25-17(16)23-13-6-4-12(5-7-13)8-9-20/h1-7,10-11H,8H2,(H2,21,26,27)(H2,22,23,24,25). The van der Waals surface area contributed by atoms with Gasteiger partial charge in [0.25, 0.3) is 0 Å². The van der Waals surface area contributed by atoms with Crippen LogP contribution in [0, 0.1) is 17.1 Å². The topological polar surface area (TPSA) is 134 Å². The first-order valence-electron chi connectivity index (χ1n) is 8.00. The maximum absolute atomic E-state index is 14.1. The number of sulfonamides is 1. The van der Waals surface area contributed by atoms with E-state index in [1.807, 2.05) is 0 Å². The number of hydrogen-bond donors (Lipinski definition) is 3. The lowest BCUT2D eigenvalue weighted by Crippen LogP contribution is -2.12. The average molecular weight is 398 g/mol. The third-order valence-corrected chi connectivity index (χ3v) is 4.57. The maximum Gasteiger partial charge on any atom is 0.238 e. The number of nitrogens with zero attached hydrogens (tertiary/aromatic N) is 3. The lowest BCUT2D eigenvalue weighted by molar-refractivity contribution is 0.598. The van der Waals surface area contributed by atoms with Gasteiger partial charge in [0.1, 0.15) is 0 Å². The molecule has 0 amide bonds. The molecule has 4 N–H and O–H groups in total. The number of benzene rings is 2. The fraction of sp³-hybridized carbons (Fsp3) is 0.0556. The van der Waals surface area contributed by atoms with Gasteiger partial charge < -0.3 is 10.6 Å². The second-order valence-corrected chi connectivity index (χ2v) is 7.31. The van der Waals surface area contributed by atoms with E-state index < -0.39 is 15.8 Å². The smallest absolute Gasteiger partial charge is 0.238 e. The van der Waals surface area contributed by atoms with Gasteiger partial charge in [-0.25, -0.2) is 22.9 Å². The highest BCUT2D eigenvalue weighted by Crippen LogP contribution is 2.22. The Balaban J connectivity index is 1.81. The summed E-state index contributed by atoms with van der Waals surface area (Å²) in [6, 6.07) is 14.8. The maximum atomic E-state index is 14.1. The number of nitriles is 1. The summed E-state index contributed by atoms with van der Waals surface area (Å²) in [5, 5.41) is 19.5. The molecule has 0 atom stereocenters. The van der Waals surface area contributed by atoms with Crippen molar-refractivity contribution in [2.75, 3.05) is 10.6 Å². The molecular formula is C18H15FN6O2S. The SMILES string of the molecule is N#CCc1ccc(Nc2nc(Nc3cccc(S(N)(=O)=O)c3)ncc2F)cc1. The molecule has 0 spiro atoms. The van der Waals surface area contributed by atoms with Crippen LogP contribution in [0.4, 0.5) is 27.5 Å². The number of rotatable bonds is 6. The van der Waals surface area contributed by atoms with Crippen molar-refractivity contribution in [1.82, 2.24) is 9.97 Å². The minimum Gasteiger partial charge on any atom is -0.338 e. The molecule has 0 bridgehead atoms. The predicted octanol–water partition coefficient (Wildman–Crippen LogP) is 2.82. The molecule has 0 saturated carbocycles. The van der Waals surface area contributed by atoms with Crippen molar-refractivity contribution in [1.29, 1.82) is 5.26 Å². The van der Waals surface area contributed by atoms with Crippen LogP contribution >= 0.6 is 0 Å². The summed E-state index contributed by atoms with van der Waals surface area (Å²) < 4.78 is 37.0. The Hall–Kier alpha value is -3.55. The van der Waals surface area contributed by atoms with E-state index in [9.17, 15) is 12.8 Å². The van der Waals surface area contributed by atoms with Crippen molar-refractivity contribution < 1.29 is 12.8 Å². The highest BCUT2D eigenvalue weighted by atomic mass is 32.2. The molecule has 10 heteroatoms. The summed E-state index contributed by atoms with van der Waals surface area (Å²) >= 11 is 0. The molecule has 3 rings (SSSR count). The molecule has 0 unspecified atom stereocenters. The van der Waals surface area contributed by atoms with Crippen molar-refractivity contribution in [3.05, 3.63) is 66.1 Å². The zero-order chi connectivity index (χ0) is 20.1. The van der Waals surface area contributed by atoms with E-state index >= 15 is 0 Å². The third kappa shape index (κ3) is 4.79. The van der Waals surface area contributed by atoms with E-state index in [1.54, 1.807) is 30.3 Å². The van der Waals surface area contributed by atoms with Crippen LogP contribution in [0.2, 0.25) is 0 Å². The van der Waals surface area contributed by atoms with Crippen molar-refractivity contribution in [3.63, 3.8) is 0 Å². The van der Waals surface area contributed by atoms with E-state index in [0.29, 0.717) is 11.4 Å². The van der Waals surface area contributed by atoms with Gasteiger partial charge in [0.05, 0.1) is 23.6 Å². The predicted molar refractivity (Wildman–Crippen MR) is 102 cm³/mol. The summed E-state index contributed by atoms with van der Waals surface area (Å²) in [6.07, 6.45) is 1.28. The second-order valence-electron chi connectivity index (χ2n) is 5.74. The van der Waals surface area contributed by atoms with Gasteiger partial charge in [0.15, 0.2) is 11.6 Å². The number of hydrogen-bond acceptors (Lipinski definition) is 7. The first kappa shape index (κ1) is 19.2. The van der Waals surface area contributed by atoms with Gasteiger partial charge in [0.2, 0.25) is 16.0 Å². The lowest BCUT2D eigenvalue weighted by atomic mass is 10.1. The van der Waals surface area contributed by atoms with E-state index in [2.05, 4.69) is 26.7 Å². The Morgan fingerprint density at radius 1 is 1.11 bits per heavy atom. The first-order chi connectivity index (χ1) is 13.3. The third-order valence-electron chi connectivity index (χ3n) is 3.66. The van der Waals surface area contributed by atoms with Crippen LogP contribution in [0.3, 0.4) is 0 Å². The highest BCUT2D eigenvalue weighted by Gasteiger charge is 2.11. The Kier molecular flexibility index (Phi) is 5.49. The van der Waals surface area contributed by atoms with Crippen molar-refractivity contribution in [2.24, 2.45) is 5.14 Å². The van der Waals surface area contributed by atoms with E-state index in [4.69, 9.17) is 10.4 Å². The molecule has 28 heavy (non-hydrogen) atoms. The number of primary sulfonamides is 1. The average Bonchev–Trinajstić information content (AvgIpc) is 2.66. The summed E-state index contributed by atoms with van der Waals surface area (Å²) in [6.45, 7) is 0. The molecule has 0 aliphatic carbocycles. The summed E-state index contributed by atoms with van der Waals surface area (Å²) in [4.78, 5) is 7.85. The lowest BCUT2D eigenvalue weighted by Gasteiger charge is -2.10. The zero-order valence-corrected chi connectivity index (χ0v) is 15.2. The van der Waals surface area contributed by atoms with Gasteiger partial charge >= 0.3 is 0 Å². The first-order valence-corrected chi connectivity index (χ1v) is 9.55. The van der Waals surface area contributed by atoms with Gasteiger partial charge in [-0.3, -0.25) is 0 Å². The largest absolute Gasteiger partial charge is 0.338 e. The van der Waals surface area contributed by atoms with Crippen molar-refractivity contribution in [3.8, 4) is 6.07 Å².